The lowest BCUT2D eigenvalue weighted by Crippen LogP contribution is -2.16. The molecule has 0 aliphatic carbocycles. The van der Waals surface area contributed by atoms with E-state index in [0.29, 0.717) is 12.2 Å². The summed E-state index contributed by atoms with van der Waals surface area (Å²) in [7, 11) is 0. The van der Waals surface area contributed by atoms with Gasteiger partial charge in [-0.3, -0.25) is 4.79 Å². The molecule has 1 N–H and O–H groups in total. The number of fused-ring (bicyclic) bond motifs is 1. The number of halogens is 3. The van der Waals surface area contributed by atoms with Gasteiger partial charge in [0.25, 0.3) is 0 Å². The average Bonchev–Trinajstić information content (AvgIpc) is 2.92. The van der Waals surface area contributed by atoms with Crippen molar-refractivity contribution in [2.24, 2.45) is 5.92 Å². The van der Waals surface area contributed by atoms with Crippen LogP contribution in [-0.2, 0) is 18.6 Å². The molecule has 1 heterocycles. The molecule has 1 aliphatic rings. The van der Waals surface area contributed by atoms with Crippen LogP contribution in [0.25, 0.3) is 0 Å². The number of Topliss-reactive ketones (excluding diaryl/α,β-unsaturated/α-hetero) is 1. The van der Waals surface area contributed by atoms with Gasteiger partial charge in [0.05, 0.1) is 10.6 Å². The molecule has 6 heteroatoms. The van der Waals surface area contributed by atoms with E-state index in [2.05, 4.69) is 11.4 Å². The predicted octanol–water partition coefficient (Wildman–Crippen LogP) is 6.50. The van der Waals surface area contributed by atoms with Crippen LogP contribution < -0.4 is 5.32 Å². The van der Waals surface area contributed by atoms with Crippen LogP contribution in [0.2, 0.25) is 5.02 Å². The van der Waals surface area contributed by atoms with Crippen LogP contribution in [-0.4, -0.2) is 18.9 Å². The fourth-order valence-corrected chi connectivity index (χ4v) is 4.91. The highest BCUT2D eigenvalue weighted by Gasteiger charge is 2.17. The van der Waals surface area contributed by atoms with E-state index in [1.807, 2.05) is 26.0 Å². The normalized spacial score (nSPS) is 14.5. The molecule has 1 atom stereocenters. The van der Waals surface area contributed by atoms with Crippen molar-refractivity contribution in [3.63, 3.8) is 0 Å². The predicted molar refractivity (Wildman–Crippen MR) is 123 cm³/mol. The Morgan fingerprint density at radius 3 is 2.72 bits per heavy atom. The van der Waals surface area contributed by atoms with Gasteiger partial charge in [0.1, 0.15) is 5.82 Å². The molecule has 0 spiro atoms. The fraction of sp³-hybridized carbons (Fsp3) is 0.435. The third-order valence-corrected chi connectivity index (χ3v) is 7.04. The Morgan fingerprint density at radius 2 is 2.00 bits per heavy atom. The van der Waals surface area contributed by atoms with Crippen LogP contribution in [0.1, 0.15) is 53.7 Å². The van der Waals surface area contributed by atoms with E-state index in [9.17, 15) is 9.18 Å². The van der Waals surface area contributed by atoms with Crippen molar-refractivity contribution < 1.29 is 9.18 Å². The van der Waals surface area contributed by atoms with E-state index in [1.54, 1.807) is 17.8 Å². The minimum atomic E-state index is -0.423. The number of hydrogen-bond acceptors (Lipinski definition) is 3. The summed E-state index contributed by atoms with van der Waals surface area (Å²) in [4.78, 5) is 13.4. The number of hydrogen-bond donors (Lipinski definition) is 1. The van der Waals surface area contributed by atoms with Crippen LogP contribution in [0.4, 0.5) is 4.39 Å². The Hall–Kier alpha value is -1.07. The van der Waals surface area contributed by atoms with Gasteiger partial charge in [0.2, 0.25) is 0 Å². The van der Waals surface area contributed by atoms with Gasteiger partial charge in [-0.25, -0.2) is 4.39 Å². The summed E-state index contributed by atoms with van der Waals surface area (Å²) in [5.74, 6) is 0.357. The first-order valence-electron chi connectivity index (χ1n) is 9.95. The van der Waals surface area contributed by atoms with Crippen molar-refractivity contribution in [3.8, 4) is 0 Å². The Labute approximate surface area is 188 Å². The SMILES string of the molecule is CC[C@H](C)CC(=O)c1ccc(CSc2c(Cl)ccc3c2CCNCC3)cc1F.Cl. The Bertz CT molecular complexity index is 859. The first-order chi connectivity index (χ1) is 13.5. The molecule has 0 saturated carbocycles. The van der Waals surface area contributed by atoms with Crippen LogP contribution in [0, 0.1) is 11.7 Å². The molecule has 158 valence electrons. The van der Waals surface area contributed by atoms with Crippen LogP contribution in [0.3, 0.4) is 0 Å². The number of benzene rings is 2. The lowest BCUT2D eigenvalue weighted by molar-refractivity contribution is 0.0959. The van der Waals surface area contributed by atoms with Crippen LogP contribution in [0.5, 0.6) is 0 Å². The molecular formula is C23H28Cl2FNOS. The number of carbonyl (C=O) groups is 1. The molecule has 0 saturated heterocycles. The van der Waals surface area contributed by atoms with Gasteiger partial charge in [-0.15, -0.1) is 24.2 Å². The van der Waals surface area contributed by atoms with E-state index in [0.717, 1.165) is 47.8 Å². The minimum absolute atomic E-state index is 0. The second-order valence-corrected chi connectivity index (χ2v) is 8.90. The van der Waals surface area contributed by atoms with Crippen molar-refractivity contribution in [1.29, 1.82) is 0 Å². The van der Waals surface area contributed by atoms with Gasteiger partial charge >= 0.3 is 0 Å². The summed E-state index contributed by atoms with van der Waals surface area (Å²) in [6.45, 7) is 5.99. The minimum Gasteiger partial charge on any atom is -0.316 e. The third-order valence-electron chi connectivity index (χ3n) is 5.38. The van der Waals surface area contributed by atoms with Crippen LogP contribution >= 0.6 is 35.8 Å². The summed E-state index contributed by atoms with van der Waals surface area (Å²) < 4.78 is 14.5. The first kappa shape index (κ1) is 24.2. The molecule has 0 unspecified atom stereocenters. The molecule has 2 aromatic carbocycles. The van der Waals surface area contributed by atoms with E-state index in [4.69, 9.17) is 11.6 Å². The van der Waals surface area contributed by atoms with Gasteiger partial charge in [-0.1, -0.05) is 44.0 Å². The summed E-state index contributed by atoms with van der Waals surface area (Å²) in [6, 6.07) is 9.06. The Kier molecular flexibility index (Phi) is 9.48. The lowest BCUT2D eigenvalue weighted by Gasteiger charge is -2.14. The average molecular weight is 456 g/mol. The maximum atomic E-state index is 14.5. The fourth-order valence-electron chi connectivity index (χ4n) is 3.47. The highest BCUT2D eigenvalue weighted by molar-refractivity contribution is 7.98. The summed E-state index contributed by atoms with van der Waals surface area (Å²) in [5, 5.41) is 4.18. The molecule has 1 aliphatic heterocycles. The van der Waals surface area contributed by atoms with Gasteiger partial charge in [-0.2, -0.15) is 0 Å². The molecular weight excluding hydrogens is 428 g/mol. The Morgan fingerprint density at radius 1 is 1.24 bits per heavy atom. The maximum absolute atomic E-state index is 14.5. The molecule has 3 rings (SSSR count). The number of rotatable bonds is 7. The van der Waals surface area contributed by atoms with E-state index in [-0.39, 0.29) is 29.7 Å². The van der Waals surface area contributed by atoms with E-state index >= 15 is 0 Å². The first-order valence-corrected chi connectivity index (χ1v) is 11.3. The second-order valence-electron chi connectivity index (χ2n) is 7.51. The molecule has 2 aromatic rings. The van der Waals surface area contributed by atoms with Crippen molar-refractivity contribution in [3.05, 3.63) is 63.4 Å². The standard InChI is InChI=1S/C23H27ClFNOS.ClH/c1-3-15(2)12-22(27)19-6-4-16(13-21(19)25)14-28-23-18-9-11-26-10-8-17(18)5-7-20(23)24;/h4-7,13,15,26H,3,8-12,14H2,1-2H3;1H/t15-;/m0./s1. The number of carbonyl (C=O) groups excluding carboxylic acids is 1. The second kappa shape index (κ2) is 11.4. The summed E-state index contributed by atoms with van der Waals surface area (Å²) >= 11 is 8.13. The van der Waals surface area contributed by atoms with Gasteiger partial charge in [0.15, 0.2) is 5.78 Å². The van der Waals surface area contributed by atoms with E-state index < -0.39 is 5.82 Å². The van der Waals surface area contributed by atoms with Crippen molar-refractivity contribution in [2.75, 3.05) is 13.1 Å². The van der Waals surface area contributed by atoms with Gasteiger partial charge in [0, 0.05) is 17.1 Å². The number of nitrogens with one attached hydrogen (secondary N) is 1. The largest absolute Gasteiger partial charge is 0.316 e. The van der Waals surface area contributed by atoms with Gasteiger partial charge < -0.3 is 5.32 Å². The highest BCUT2D eigenvalue weighted by atomic mass is 35.5. The molecule has 29 heavy (non-hydrogen) atoms. The smallest absolute Gasteiger partial charge is 0.166 e. The molecule has 0 fully saturated rings. The van der Waals surface area contributed by atoms with Crippen molar-refractivity contribution >= 4 is 41.6 Å². The quantitative estimate of drug-likeness (QED) is 0.381. The molecule has 0 bridgehead atoms. The van der Waals surface area contributed by atoms with Crippen molar-refractivity contribution in [1.82, 2.24) is 5.32 Å². The molecule has 0 radical (unpaired) electrons. The maximum Gasteiger partial charge on any atom is 0.166 e. The summed E-state index contributed by atoms with van der Waals surface area (Å²) in [6.07, 6.45) is 3.26. The monoisotopic (exact) mass is 455 g/mol. The molecule has 2 nitrogen and oxygen atoms in total. The number of ketones is 1. The molecule has 0 aromatic heterocycles. The number of thioether (sulfide) groups is 1. The zero-order valence-corrected chi connectivity index (χ0v) is 19.3. The lowest BCUT2D eigenvalue weighted by atomic mass is 9.97. The zero-order chi connectivity index (χ0) is 20.1. The van der Waals surface area contributed by atoms with E-state index in [1.165, 1.54) is 17.2 Å². The topological polar surface area (TPSA) is 29.1 Å². The third kappa shape index (κ3) is 6.21. The highest BCUT2D eigenvalue weighted by Crippen LogP contribution is 2.36. The summed E-state index contributed by atoms with van der Waals surface area (Å²) in [5.41, 5.74) is 3.71. The van der Waals surface area contributed by atoms with Gasteiger partial charge in [-0.05, 0) is 66.7 Å². The van der Waals surface area contributed by atoms with Crippen molar-refractivity contribution in [2.45, 2.75) is 50.2 Å². The zero-order valence-electron chi connectivity index (χ0n) is 16.9. The molecule has 0 amide bonds. The van der Waals surface area contributed by atoms with Crippen LogP contribution in [0.15, 0.2) is 35.2 Å². The Balaban J connectivity index is 0.00000300.